The van der Waals surface area contributed by atoms with Crippen molar-refractivity contribution < 1.29 is 26.8 Å². The number of nitrogens with zero attached hydrogens (tertiary/aromatic N) is 1. The maximum atomic E-state index is 13.7. The highest BCUT2D eigenvalue weighted by molar-refractivity contribution is 7.90. The van der Waals surface area contributed by atoms with Crippen molar-refractivity contribution in [2.45, 2.75) is 24.7 Å². The monoisotopic (exact) mass is 458 g/mol. The van der Waals surface area contributed by atoms with Crippen molar-refractivity contribution in [3.05, 3.63) is 95.1 Å². The van der Waals surface area contributed by atoms with Crippen molar-refractivity contribution >= 4 is 22.1 Å². The number of hydrogen-bond acceptors (Lipinski definition) is 5. The van der Waals surface area contributed by atoms with Crippen LogP contribution in [0.5, 0.6) is 5.75 Å². The number of carbonyl (C=O) groups is 1. The van der Waals surface area contributed by atoms with E-state index in [1.54, 1.807) is 4.72 Å². The molecule has 0 heterocycles. The van der Waals surface area contributed by atoms with Gasteiger partial charge in [-0.1, -0.05) is 43.3 Å². The molecule has 0 atom stereocenters. The summed E-state index contributed by atoms with van der Waals surface area (Å²) in [4.78, 5) is 16.7. The van der Waals surface area contributed by atoms with Gasteiger partial charge < -0.3 is 4.84 Å². The number of oxime groups is 1. The van der Waals surface area contributed by atoms with Crippen molar-refractivity contribution in [1.29, 1.82) is 0 Å². The van der Waals surface area contributed by atoms with Crippen LogP contribution in [0.4, 0.5) is 8.78 Å². The molecule has 0 aliphatic carbocycles. The van der Waals surface area contributed by atoms with Crippen LogP contribution in [0.15, 0.2) is 76.8 Å². The van der Waals surface area contributed by atoms with E-state index in [-0.39, 0.29) is 5.56 Å². The van der Waals surface area contributed by atoms with Crippen molar-refractivity contribution in [3.63, 3.8) is 0 Å². The number of halogens is 2. The zero-order valence-electron chi connectivity index (χ0n) is 17.2. The second-order valence-corrected chi connectivity index (χ2v) is 8.83. The van der Waals surface area contributed by atoms with Gasteiger partial charge in [0.1, 0.15) is 16.5 Å². The summed E-state index contributed by atoms with van der Waals surface area (Å²) in [7, 11) is -4.51. The molecule has 0 aromatic heterocycles. The van der Waals surface area contributed by atoms with Gasteiger partial charge in [-0.25, -0.2) is 21.9 Å². The van der Waals surface area contributed by atoms with Crippen molar-refractivity contribution in [3.8, 4) is 5.75 Å². The summed E-state index contributed by atoms with van der Waals surface area (Å²) < 4.78 is 52.9. The Hall–Kier alpha value is -3.59. The summed E-state index contributed by atoms with van der Waals surface area (Å²) in [6.07, 6.45) is 1.54. The lowest BCUT2D eigenvalue weighted by molar-refractivity contribution is 0.0981. The Labute approximate surface area is 184 Å². The first-order chi connectivity index (χ1) is 15.2. The minimum absolute atomic E-state index is 0.00306. The van der Waals surface area contributed by atoms with Crippen LogP contribution in [-0.4, -0.2) is 20.5 Å². The zero-order chi connectivity index (χ0) is 23.3. The highest BCUT2D eigenvalue weighted by Crippen LogP contribution is 2.17. The lowest BCUT2D eigenvalue weighted by Gasteiger charge is -2.08. The minimum Gasteiger partial charge on any atom is -0.357 e. The molecular formula is C23H20F2N2O4S. The third kappa shape index (κ3) is 5.76. The molecule has 0 spiro atoms. The molecule has 0 fully saturated rings. The van der Waals surface area contributed by atoms with E-state index in [2.05, 4.69) is 19.0 Å². The standard InChI is InChI=1S/C23H20F2N2O4S/c1-15(2)17-5-3-16(4-6-17)14-26-31-20-10-7-18(8-11-20)23(28)27-32(29,30)22-12-9-19(24)13-21(22)25/h3-15H,1-2H3,(H,27,28)/b26-14+. The largest absolute Gasteiger partial charge is 0.357 e. The average molecular weight is 458 g/mol. The summed E-state index contributed by atoms with van der Waals surface area (Å²) in [6, 6.07) is 15.3. The van der Waals surface area contributed by atoms with Crippen LogP contribution < -0.4 is 9.56 Å². The molecule has 3 aromatic rings. The van der Waals surface area contributed by atoms with Gasteiger partial charge in [-0.2, -0.15) is 0 Å². The molecule has 3 aromatic carbocycles. The Morgan fingerprint density at radius 3 is 2.25 bits per heavy atom. The normalized spacial score (nSPS) is 11.7. The second kappa shape index (κ2) is 9.69. The van der Waals surface area contributed by atoms with Crippen LogP contribution in [0.1, 0.15) is 41.3 Å². The first-order valence-electron chi connectivity index (χ1n) is 9.58. The predicted molar refractivity (Wildman–Crippen MR) is 116 cm³/mol. The van der Waals surface area contributed by atoms with Crippen LogP contribution in [0.25, 0.3) is 0 Å². The molecule has 3 rings (SSSR count). The predicted octanol–water partition coefficient (Wildman–Crippen LogP) is 4.62. The molecule has 0 radical (unpaired) electrons. The van der Waals surface area contributed by atoms with Gasteiger partial charge in [0, 0.05) is 11.6 Å². The molecule has 0 unspecified atom stereocenters. The van der Waals surface area contributed by atoms with E-state index in [0.29, 0.717) is 17.7 Å². The van der Waals surface area contributed by atoms with Crippen molar-refractivity contribution in [2.75, 3.05) is 0 Å². The molecule has 6 nitrogen and oxygen atoms in total. The Morgan fingerprint density at radius 1 is 1.00 bits per heavy atom. The van der Waals surface area contributed by atoms with Gasteiger partial charge in [-0.3, -0.25) is 4.79 Å². The van der Waals surface area contributed by atoms with Crippen LogP contribution in [-0.2, 0) is 10.0 Å². The van der Waals surface area contributed by atoms with Crippen molar-refractivity contribution in [1.82, 2.24) is 4.72 Å². The quantitative estimate of drug-likeness (QED) is 0.414. The molecule has 0 aliphatic rings. The fourth-order valence-corrected chi connectivity index (χ4v) is 3.75. The summed E-state index contributed by atoms with van der Waals surface area (Å²) >= 11 is 0. The lowest BCUT2D eigenvalue weighted by atomic mass is 10.0. The molecule has 1 N–H and O–H groups in total. The number of rotatable bonds is 7. The molecule has 32 heavy (non-hydrogen) atoms. The van der Waals surface area contributed by atoms with E-state index < -0.39 is 32.5 Å². The Morgan fingerprint density at radius 2 is 1.66 bits per heavy atom. The lowest BCUT2D eigenvalue weighted by Crippen LogP contribution is -2.31. The maximum Gasteiger partial charge on any atom is 0.267 e. The maximum absolute atomic E-state index is 13.7. The van der Waals surface area contributed by atoms with Gasteiger partial charge in [0.2, 0.25) is 0 Å². The van der Waals surface area contributed by atoms with E-state index in [9.17, 15) is 22.0 Å². The van der Waals surface area contributed by atoms with Gasteiger partial charge >= 0.3 is 0 Å². The molecule has 1 amide bonds. The smallest absolute Gasteiger partial charge is 0.267 e. The van der Waals surface area contributed by atoms with Gasteiger partial charge in [-0.15, -0.1) is 0 Å². The molecule has 0 bridgehead atoms. The number of amides is 1. The van der Waals surface area contributed by atoms with E-state index in [4.69, 9.17) is 4.84 Å². The SMILES string of the molecule is CC(C)c1ccc(/C=N/Oc2ccc(C(=O)NS(=O)(=O)c3ccc(F)cc3F)cc2)cc1. The van der Waals surface area contributed by atoms with Crippen LogP contribution in [0, 0.1) is 11.6 Å². The average Bonchev–Trinajstić information content (AvgIpc) is 2.74. The highest BCUT2D eigenvalue weighted by Gasteiger charge is 2.22. The first kappa shape index (κ1) is 23.1. The third-order valence-electron chi connectivity index (χ3n) is 4.49. The van der Waals surface area contributed by atoms with Crippen LogP contribution in [0.3, 0.4) is 0 Å². The van der Waals surface area contributed by atoms with E-state index in [0.717, 1.165) is 17.7 Å². The summed E-state index contributed by atoms with van der Waals surface area (Å²) in [6.45, 7) is 4.21. The Kier molecular flexibility index (Phi) is 6.99. The molecule has 166 valence electrons. The molecule has 0 saturated carbocycles. The second-order valence-electron chi connectivity index (χ2n) is 7.18. The Bertz CT molecular complexity index is 1240. The van der Waals surface area contributed by atoms with Gasteiger partial charge in [-0.05, 0) is 53.4 Å². The topological polar surface area (TPSA) is 84.8 Å². The number of hydrogen-bond donors (Lipinski definition) is 1. The minimum atomic E-state index is -4.51. The Balaban J connectivity index is 1.62. The van der Waals surface area contributed by atoms with Crippen LogP contribution in [0.2, 0.25) is 0 Å². The number of benzene rings is 3. The van der Waals surface area contributed by atoms with Crippen molar-refractivity contribution in [2.24, 2.45) is 5.16 Å². The molecule has 0 aliphatic heterocycles. The third-order valence-corrected chi connectivity index (χ3v) is 5.85. The van der Waals surface area contributed by atoms with Gasteiger partial charge in [0.05, 0.1) is 6.21 Å². The molecule has 9 heteroatoms. The number of sulfonamides is 1. The van der Waals surface area contributed by atoms with Crippen LogP contribution >= 0.6 is 0 Å². The van der Waals surface area contributed by atoms with Gasteiger partial charge in [0.25, 0.3) is 15.9 Å². The summed E-state index contributed by atoms with van der Waals surface area (Å²) in [5.41, 5.74) is 2.06. The first-order valence-corrected chi connectivity index (χ1v) is 11.1. The summed E-state index contributed by atoms with van der Waals surface area (Å²) in [5.74, 6) is -2.46. The van der Waals surface area contributed by atoms with E-state index in [1.807, 2.05) is 24.3 Å². The highest BCUT2D eigenvalue weighted by atomic mass is 32.2. The molecular weight excluding hydrogens is 438 g/mol. The zero-order valence-corrected chi connectivity index (χ0v) is 18.1. The fraction of sp³-hybridized carbons (Fsp3) is 0.130. The van der Waals surface area contributed by atoms with Gasteiger partial charge in [0.15, 0.2) is 5.75 Å². The van der Waals surface area contributed by atoms with E-state index in [1.165, 1.54) is 36.0 Å². The molecule has 0 saturated heterocycles. The van der Waals surface area contributed by atoms with E-state index >= 15 is 0 Å². The number of nitrogens with one attached hydrogen (secondary N) is 1. The fourth-order valence-electron chi connectivity index (χ4n) is 2.71. The summed E-state index contributed by atoms with van der Waals surface area (Å²) in [5, 5.41) is 3.88. The number of carbonyl (C=O) groups excluding carboxylic acids is 1.